The van der Waals surface area contributed by atoms with Crippen molar-refractivity contribution in [1.29, 1.82) is 0 Å². The summed E-state index contributed by atoms with van der Waals surface area (Å²) >= 11 is 7.56. The monoisotopic (exact) mass is 628 g/mol. The van der Waals surface area contributed by atoms with E-state index in [1.165, 1.54) is 22.3 Å². The van der Waals surface area contributed by atoms with Crippen LogP contribution in [0.25, 0.3) is 0 Å². The molecular weight excluding hydrogens is 580 g/mol. The van der Waals surface area contributed by atoms with Crippen molar-refractivity contribution < 1.29 is 0 Å². The molecule has 0 saturated carbocycles. The summed E-state index contributed by atoms with van der Waals surface area (Å²) in [4.78, 5) is 4.54. The number of nitrogens with zero attached hydrogens (tertiary/aromatic N) is 2. The van der Waals surface area contributed by atoms with E-state index in [4.69, 9.17) is 11.6 Å². The molecule has 5 aromatic carbocycles. The first kappa shape index (κ1) is 33.4. The third-order valence-electron chi connectivity index (χ3n) is 8.71. The maximum Gasteiger partial charge on any atom is 0.0887 e. The summed E-state index contributed by atoms with van der Waals surface area (Å²) in [6.07, 6.45) is 0. The second-order valence-corrected chi connectivity index (χ2v) is 15.9. The maximum absolute atomic E-state index is 7.56. The van der Waals surface area contributed by atoms with Crippen LogP contribution in [0.5, 0.6) is 0 Å². The Morgan fingerprint density at radius 3 is 0.913 bits per heavy atom. The minimum absolute atomic E-state index is 0.0619. The summed E-state index contributed by atoms with van der Waals surface area (Å²) in [7, 11) is 0. The standard InChI is InChI=1S/C43H49ClN2/c1-30-14-22-34(23-15-30)45(35-24-16-31(17-25-35)41(2,3)4)38-12-11-13-39(40(38)44)46(36-26-18-32(19-27-36)42(5,6)7)37-28-20-33(21-29-37)43(8,9)10/h11-29H,1-10H3. The van der Waals surface area contributed by atoms with Gasteiger partial charge in [0.15, 0.2) is 0 Å². The molecule has 5 rings (SSSR count). The summed E-state index contributed by atoms with van der Waals surface area (Å²) in [6.45, 7) is 22.4. The van der Waals surface area contributed by atoms with E-state index in [0.717, 1.165) is 34.1 Å². The Bertz CT molecular complexity index is 1700. The van der Waals surface area contributed by atoms with Crippen molar-refractivity contribution in [2.45, 2.75) is 85.5 Å². The number of rotatable bonds is 6. The minimum atomic E-state index is 0.0619. The zero-order valence-corrected chi connectivity index (χ0v) is 30.0. The van der Waals surface area contributed by atoms with Gasteiger partial charge in [0.05, 0.1) is 16.4 Å². The van der Waals surface area contributed by atoms with Crippen LogP contribution >= 0.6 is 11.6 Å². The van der Waals surface area contributed by atoms with Gasteiger partial charge in [-0.2, -0.15) is 0 Å². The molecule has 0 unspecified atom stereocenters. The van der Waals surface area contributed by atoms with Crippen molar-refractivity contribution in [2.24, 2.45) is 0 Å². The zero-order valence-electron chi connectivity index (χ0n) is 29.2. The van der Waals surface area contributed by atoms with Crippen LogP contribution in [0.2, 0.25) is 5.02 Å². The molecule has 238 valence electrons. The van der Waals surface area contributed by atoms with Crippen molar-refractivity contribution in [3.05, 3.63) is 143 Å². The molecule has 0 aromatic heterocycles. The highest BCUT2D eigenvalue weighted by atomic mass is 35.5. The van der Waals surface area contributed by atoms with Gasteiger partial charge in [-0.25, -0.2) is 0 Å². The van der Waals surface area contributed by atoms with E-state index < -0.39 is 0 Å². The van der Waals surface area contributed by atoms with E-state index in [1.54, 1.807) is 0 Å². The number of benzene rings is 5. The number of aryl methyl sites for hydroxylation is 1. The molecule has 0 aliphatic heterocycles. The highest BCUT2D eigenvalue weighted by molar-refractivity contribution is 6.36. The van der Waals surface area contributed by atoms with Gasteiger partial charge in [-0.05, 0) is 101 Å². The molecule has 0 atom stereocenters. The average Bonchev–Trinajstić information content (AvgIpc) is 2.99. The van der Waals surface area contributed by atoms with Gasteiger partial charge in [0.2, 0.25) is 0 Å². The first-order valence-corrected chi connectivity index (χ1v) is 16.7. The smallest absolute Gasteiger partial charge is 0.0887 e. The van der Waals surface area contributed by atoms with Gasteiger partial charge in [-0.1, -0.05) is 134 Å². The second kappa shape index (κ2) is 12.6. The van der Waals surface area contributed by atoms with E-state index in [0.29, 0.717) is 5.02 Å². The predicted molar refractivity (Wildman–Crippen MR) is 202 cm³/mol. The third-order valence-corrected chi connectivity index (χ3v) is 9.09. The van der Waals surface area contributed by atoms with Crippen LogP contribution in [-0.4, -0.2) is 0 Å². The van der Waals surface area contributed by atoms with Gasteiger partial charge in [0, 0.05) is 22.7 Å². The first-order valence-electron chi connectivity index (χ1n) is 16.3. The second-order valence-electron chi connectivity index (χ2n) is 15.5. The van der Waals surface area contributed by atoms with E-state index in [9.17, 15) is 0 Å². The Morgan fingerprint density at radius 1 is 0.391 bits per heavy atom. The Labute approximate surface area is 282 Å². The fraction of sp³-hybridized carbons (Fsp3) is 0.302. The summed E-state index contributed by atoms with van der Waals surface area (Å²) in [5.74, 6) is 0. The Balaban J connectivity index is 1.69. The molecule has 0 radical (unpaired) electrons. The van der Waals surface area contributed by atoms with Gasteiger partial charge in [-0.3, -0.25) is 0 Å². The van der Waals surface area contributed by atoms with Crippen molar-refractivity contribution >= 4 is 45.7 Å². The van der Waals surface area contributed by atoms with E-state index in [1.807, 2.05) is 0 Å². The van der Waals surface area contributed by atoms with Gasteiger partial charge in [0.1, 0.15) is 0 Å². The molecular formula is C43H49ClN2. The lowest BCUT2D eigenvalue weighted by Gasteiger charge is -2.32. The number of halogens is 1. The van der Waals surface area contributed by atoms with Gasteiger partial charge in [0.25, 0.3) is 0 Å². The van der Waals surface area contributed by atoms with Crippen molar-refractivity contribution in [3.8, 4) is 0 Å². The number of hydrogen-bond donors (Lipinski definition) is 0. The lowest BCUT2D eigenvalue weighted by atomic mass is 9.86. The highest BCUT2D eigenvalue weighted by Crippen LogP contribution is 2.47. The molecule has 0 bridgehead atoms. The maximum atomic E-state index is 7.56. The molecule has 0 saturated heterocycles. The molecule has 5 aromatic rings. The van der Waals surface area contributed by atoms with Crippen LogP contribution in [0.15, 0.2) is 115 Å². The van der Waals surface area contributed by atoms with E-state index >= 15 is 0 Å². The number of hydrogen-bond acceptors (Lipinski definition) is 2. The predicted octanol–water partition coefficient (Wildman–Crippen LogP) is 13.5. The molecule has 46 heavy (non-hydrogen) atoms. The third kappa shape index (κ3) is 7.18. The largest absolute Gasteiger partial charge is 0.309 e. The molecule has 0 amide bonds. The van der Waals surface area contributed by atoms with Crippen LogP contribution in [0.3, 0.4) is 0 Å². The first-order chi connectivity index (χ1) is 21.5. The van der Waals surface area contributed by atoms with Crippen LogP contribution in [0.1, 0.15) is 84.6 Å². The van der Waals surface area contributed by atoms with Crippen LogP contribution < -0.4 is 9.80 Å². The fourth-order valence-corrected chi connectivity index (χ4v) is 6.03. The SMILES string of the molecule is Cc1ccc(N(c2ccc(C(C)(C)C)cc2)c2cccc(N(c3ccc(C(C)(C)C)cc3)c3ccc(C(C)(C)C)cc3)c2Cl)cc1. The molecule has 2 nitrogen and oxygen atoms in total. The van der Waals surface area contributed by atoms with Crippen LogP contribution in [0, 0.1) is 6.92 Å². The topological polar surface area (TPSA) is 6.48 Å². The Kier molecular flexibility index (Phi) is 9.17. The number of anilines is 6. The minimum Gasteiger partial charge on any atom is -0.309 e. The molecule has 0 aliphatic rings. The van der Waals surface area contributed by atoms with Crippen molar-refractivity contribution in [3.63, 3.8) is 0 Å². The molecule has 3 heteroatoms. The summed E-state index contributed by atoms with van der Waals surface area (Å²) in [5.41, 5.74) is 11.4. The summed E-state index contributed by atoms with van der Waals surface area (Å²) in [6, 6.07) is 41.7. The normalized spacial score (nSPS) is 12.2. The molecule has 0 fully saturated rings. The van der Waals surface area contributed by atoms with Crippen molar-refractivity contribution in [2.75, 3.05) is 9.80 Å². The quantitative estimate of drug-likeness (QED) is 0.184. The lowest BCUT2D eigenvalue weighted by Crippen LogP contribution is -2.16. The zero-order chi connectivity index (χ0) is 33.4. The van der Waals surface area contributed by atoms with Crippen LogP contribution in [0.4, 0.5) is 34.1 Å². The Morgan fingerprint density at radius 2 is 0.652 bits per heavy atom. The highest BCUT2D eigenvalue weighted by Gasteiger charge is 2.24. The van der Waals surface area contributed by atoms with Crippen molar-refractivity contribution in [1.82, 2.24) is 0 Å². The average molecular weight is 629 g/mol. The van der Waals surface area contributed by atoms with Gasteiger partial charge < -0.3 is 9.80 Å². The van der Waals surface area contributed by atoms with E-state index in [2.05, 4.69) is 194 Å². The molecule has 0 spiro atoms. The summed E-state index contributed by atoms with van der Waals surface area (Å²) < 4.78 is 0. The molecule has 0 aliphatic carbocycles. The van der Waals surface area contributed by atoms with E-state index in [-0.39, 0.29) is 16.2 Å². The van der Waals surface area contributed by atoms with Gasteiger partial charge >= 0.3 is 0 Å². The fourth-order valence-electron chi connectivity index (χ4n) is 5.73. The molecule has 0 heterocycles. The van der Waals surface area contributed by atoms with Crippen LogP contribution in [-0.2, 0) is 16.2 Å². The lowest BCUT2D eigenvalue weighted by molar-refractivity contribution is 0.590. The Hall–Kier alpha value is -4.01. The summed E-state index contributed by atoms with van der Waals surface area (Å²) in [5, 5.41) is 0.683. The van der Waals surface area contributed by atoms with Gasteiger partial charge in [-0.15, -0.1) is 0 Å². The molecule has 0 N–H and O–H groups in total.